The molecule has 1 atom stereocenters. The monoisotopic (exact) mass is 643 g/mol. The lowest BCUT2D eigenvalue weighted by molar-refractivity contribution is -0.160. The summed E-state index contributed by atoms with van der Waals surface area (Å²) in [5, 5.41) is 14.2. The third-order valence-electron chi connectivity index (χ3n) is 8.72. The predicted octanol–water partition coefficient (Wildman–Crippen LogP) is 8.20. The first-order valence-electron chi connectivity index (χ1n) is 15.7. The number of hydrogen-bond acceptors (Lipinski definition) is 8. The van der Waals surface area contributed by atoms with E-state index in [1.54, 1.807) is 33.9 Å². The van der Waals surface area contributed by atoms with E-state index in [4.69, 9.17) is 9.15 Å². The summed E-state index contributed by atoms with van der Waals surface area (Å²) in [4.78, 5) is 27.9. The Morgan fingerprint density at radius 3 is 2.45 bits per heavy atom. The van der Waals surface area contributed by atoms with Gasteiger partial charge in [0.15, 0.2) is 17.5 Å². The molecule has 11 heteroatoms. The molecule has 0 amide bonds. The number of aromatic nitrogens is 3. The second-order valence-electron chi connectivity index (χ2n) is 13.9. The van der Waals surface area contributed by atoms with Crippen molar-refractivity contribution in [3.8, 4) is 11.1 Å². The molecule has 1 aliphatic heterocycles. The number of rotatable bonds is 8. The van der Waals surface area contributed by atoms with E-state index in [0.717, 1.165) is 18.2 Å². The molecule has 9 nitrogen and oxygen atoms in total. The van der Waals surface area contributed by atoms with Crippen molar-refractivity contribution in [3.05, 3.63) is 77.4 Å². The average Bonchev–Trinajstić information content (AvgIpc) is 3.38. The van der Waals surface area contributed by atoms with Crippen LogP contribution in [0.2, 0.25) is 0 Å². The number of hydrogen-bond donors (Lipinski definition) is 2. The summed E-state index contributed by atoms with van der Waals surface area (Å²) in [7, 11) is 0. The fourth-order valence-corrected chi connectivity index (χ4v) is 6.15. The normalized spacial score (nSPS) is 15.7. The topological polar surface area (TPSA) is 114 Å². The highest BCUT2D eigenvalue weighted by molar-refractivity contribution is 6.05. The number of carbonyl (C=O) groups is 1. The van der Waals surface area contributed by atoms with E-state index in [1.807, 2.05) is 24.3 Å². The molecule has 5 aromatic rings. The summed E-state index contributed by atoms with van der Waals surface area (Å²) in [6.45, 7) is 12.6. The molecule has 1 fully saturated rings. The Morgan fingerprint density at radius 2 is 1.79 bits per heavy atom. The van der Waals surface area contributed by atoms with E-state index in [2.05, 4.69) is 39.0 Å². The summed E-state index contributed by atoms with van der Waals surface area (Å²) in [5.41, 5.74) is 2.89. The Kier molecular flexibility index (Phi) is 8.38. The fraction of sp³-hybridized carbons (Fsp3) is 0.389. The van der Waals surface area contributed by atoms with Gasteiger partial charge < -0.3 is 24.5 Å². The maximum atomic E-state index is 15.9. The van der Waals surface area contributed by atoms with E-state index in [9.17, 15) is 9.90 Å². The van der Waals surface area contributed by atoms with Crippen molar-refractivity contribution in [2.75, 3.05) is 23.3 Å². The summed E-state index contributed by atoms with van der Waals surface area (Å²) >= 11 is 0. The van der Waals surface area contributed by atoms with Gasteiger partial charge in [-0.2, -0.15) is 0 Å². The predicted molar refractivity (Wildman–Crippen MR) is 177 cm³/mol. The van der Waals surface area contributed by atoms with E-state index >= 15 is 8.78 Å². The average molecular weight is 644 g/mol. The molecular weight excluding hydrogens is 604 g/mol. The van der Waals surface area contributed by atoms with Gasteiger partial charge in [-0.1, -0.05) is 26.0 Å². The number of nitrogens with one attached hydrogen (secondary N) is 1. The number of carboxylic acids is 1. The number of aryl methyl sites for hydroxylation is 1. The molecule has 2 N–H and O–H groups in total. The zero-order valence-electron chi connectivity index (χ0n) is 27.4. The zero-order chi connectivity index (χ0) is 33.7. The van der Waals surface area contributed by atoms with Gasteiger partial charge in [0, 0.05) is 53.6 Å². The molecule has 2 aromatic carbocycles. The molecule has 6 rings (SSSR count). The second-order valence-corrected chi connectivity index (χ2v) is 13.9. The van der Waals surface area contributed by atoms with Gasteiger partial charge in [-0.25, -0.2) is 23.5 Å². The number of furan rings is 1. The maximum Gasteiger partial charge on any atom is 0.337 e. The van der Waals surface area contributed by atoms with Crippen molar-refractivity contribution in [2.24, 2.45) is 5.41 Å². The Bertz CT molecular complexity index is 1950. The number of pyridine rings is 1. The van der Waals surface area contributed by atoms with Gasteiger partial charge in [0.05, 0.1) is 11.3 Å². The van der Waals surface area contributed by atoms with E-state index < -0.39 is 29.3 Å². The van der Waals surface area contributed by atoms with Gasteiger partial charge in [0.25, 0.3) is 0 Å². The Hall–Kier alpha value is -4.64. The van der Waals surface area contributed by atoms with Gasteiger partial charge in [-0.05, 0) is 75.8 Å². The van der Waals surface area contributed by atoms with Crippen LogP contribution in [0.25, 0.3) is 33.2 Å². The van der Waals surface area contributed by atoms with Crippen LogP contribution in [0, 0.1) is 24.0 Å². The van der Waals surface area contributed by atoms with Crippen LogP contribution in [0.3, 0.4) is 0 Å². The number of piperidine rings is 1. The second kappa shape index (κ2) is 12.2. The molecule has 0 aliphatic carbocycles. The van der Waals surface area contributed by atoms with E-state index in [-0.39, 0.29) is 23.1 Å². The van der Waals surface area contributed by atoms with E-state index in [0.29, 0.717) is 58.1 Å². The molecule has 1 saturated heterocycles. The van der Waals surface area contributed by atoms with Crippen LogP contribution in [-0.2, 0) is 16.1 Å². The molecule has 1 unspecified atom stereocenters. The minimum absolute atomic E-state index is 0.109. The van der Waals surface area contributed by atoms with Gasteiger partial charge in [-0.3, -0.25) is 4.98 Å². The third-order valence-corrected chi connectivity index (χ3v) is 8.72. The minimum Gasteiger partial charge on any atom is -0.479 e. The number of fused-ring (bicyclic) bond motifs is 3. The lowest BCUT2D eigenvalue weighted by atomic mass is 9.82. The van der Waals surface area contributed by atoms with Crippen molar-refractivity contribution in [2.45, 2.75) is 72.6 Å². The molecule has 1 aliphatic rings. The number of carboxylic acid groups (broad SMARTS) is 1. The molecule has 246 valence electrons. The van der Waals surface area contributed by atoms with Crippen LogP contribution < -0.4 is 10.2 Å². The lowest BCUT2D eigenvalue weighted by Crippen LogP contribution is -2.39. The van der Waals surface area contributed by atoms with Crippen molar-refractivity contribution < 1.29 is 27.8 Å². The van der Waals surface area contributed by atoms with Crippen molar-refractivity contribution in [1.82, 2.24) is 15.0 Å². The largest absolute Gasteiger partial charge is 0.479 e. The number of halogens is 2. The number of benzene rings is 2. The number of para-hydroxylation sites is 1. The van der Waals surface area contributed by atoms with Gasteiger partial charge >= 0.3 is 5.97 Å². The van der Waals surface area contributed by atoms with Gasteiger partial charge in [-0.15, -0.1) is 0 Å². The Balaban J connectivity index is 1.40. The number of ether oxygens (including phenoxy) is 1. The zero-order valence-corrected chi connectivity index (χ0v) is 27.4. The number of nitrogens with zero attached hydrogens (tertiary/aromatic N) is 4. The van der Waals surface area contributed by atoms with Crippen LogP contribution >= 0.6 is 0 Å². The molecular formula is C36H39F2N5O4. The molecule has 47 heavy (non-hydrogen) atoms. The molecule has 0 saturated carbocycles. The van der Waals surface area contributed by atoms with Crippen LogP contribution in [0.4, 0.5) is 20.3 Å². The number of aliphatic carboxylic acids is 1. The molecule has 3 aromatic heterocycles. The standard InChI is InChI=1S/C36H39F2N5O4/c1-20-28(31(34(44)45)47-35(2,3)4)30(43-13-11-36(5,6)12-14-43)23(17-39-20)21-15-25(37)24(26(38)16-21)18-40-33-32-29(41-19-42-33)22-9-7-8-10-27(22)46-32/h7-10,15-17,19,31H,11-14,18H2,1-6H3,(H,44,45)(H,40,41,42). The first-order chi connectivity index (χ1) is 22.2. The first kappa shape index (κ1) is 32.3. The van der Waals surface area contributed by atoms with Crippen molar-refractivity contribution in [3.63, 3.8) is 0 Å². The van der Waals surface area contributed by atoms with E-state index in [1.165, 1.54) is 18.5 Å². The van der Waals surface area contributed by atoms with Crippen molar-refractivity contribution >= 4 is 39.5 Å². The summed E-state index contributed by atoms with van der Waals surface area (Å²) in [5.74, 6) is -2.38. The molecule has 4 heterocycles. The molecule has 0 bridgehead atoms. The fourth-order valence-electron chi connectivity index (χ4n) is 6.15. The smallest absolute Gasteiger partial charge is 0.337 e. The lowest BCUT2D eigenvalue weighted by Gasteiger charge is -2.41. The Morgan fingerprint density at radius 1 is 1.11 bits per heavy atom. The van der Waals surface area contributed by atoms with Crippen LogP contribution in [0.5, 0.6) is 0 Å². The highest BCUT2D eigenvalue weighted by atomic mass is 19.1. The molecule has 0 radical (unpaired) electrons. The first-order valence-corrected chi connectivity index (χ1v) is 15.7. The van der Waals surface area contributed by atoms with Crippen LogP contribution in [-0.4, -0.2) is 44.7 Å². The van der Waals surface area contributed by atoms with Gasteiger partial charge in [0.2, 0.25) is 0 Å². The summed E-state index contributed by atoms with van der Waals surface area (Å²) in [6, 6.07) is 9.96. The maximum absolute atomic E-state index is 15.9. The van der Waals surface area contributed by atoms with Gasteiger partial charge in [0.1, 0.15) is 29.1 Å². The highest BCUT2D eigenvalue weighted by Gasteiger charge is 2.36. The number of anilines is 2. The minimum atomic E-state index is -1.34. The summed E-state index contributed by atoms with van der Waals surface area (Å²) < 4.78 is 43.7. The van der Waals surface area contributed by atoms with Crippen LogP contribution in [0.15, 0.2) is 53.3 Å². The van der Waals surface area contributed by atoms with Crippen LogP contribution in [0.1, 0.15) is 70.4 Å². The SMILES string of the molecule is Cc1ncc(-c2cc(F)c(CNc3ncnc4c3oc3ccccc34)c(F)c2)c(N2CCC(C)(C)CC2)c1C(OC(C)(C)C)C(=O)O. The Labute approximate surface area is 272 Å². The molecule has 0 spiro atoms. The quantitative estimate of drug-likeness (QED) is 0.173. The third kappa shape index (κ3) is 6.49. The summed E-state index contributed by atoms with van der Waals surface area (Å²) in [6.07, 6.45) is 3.32. The van der Waals surface area contributed by atoms with Crippen molar-refractivity contribution in [1.29, 1.82) is 0 Å². The highest BCUT2D eigenvalue weighted by Crippen LogP contribution is 2.44.